The van der Waals surface area contributed by atoms with E-state index in [1.807, 2.05) is 31.2 Å². The molecule has 1 atom stereocenters. The molecule has 0 aromatic heterocycles. The lowest BCUT2D eigenvalue weighted by molar-refractivity contribution is -0.138. The molecule has 4 heteroatoms. The Morgan fingerprint density at radius 1 is 1.53 bits per heavy atom. The number of rotatable bonds is 2. The minimum atomic E-state index is -0.859. The van der Waals surface area contributed by atoms with Crippen LogP contribution in [0.2, 0.25) is 0 Å². The summed E-state index contributed by atoms with van der Waals surface area (Å²) in [5.41, 5.74) is 2.07. The summed E-state index contributed by atoms with van der Waals surface area (Å²) in [6.45, 7) is 2.28. The van der Waals surface area contributed by atoms with Gasteiger partial charge in [-0.15, -0.1) is 0 Å². The molecular formula is C11H12N2O2. The zero-order valence-electron chi connectivity index (χ0n) is 8.40. The predicted octanol–water partition coefficient (Wildman–Crippen LogP) is 0.798. The summed E-state index contributed by atoms with van der Waals surface area (Å²) >= 11 is 0. The molecule has 0 fully saturated rings. The number of carboxylic acid groups (broad SMARTS) is 1. The van der Waals surface area contributed by atoms with Gasteiger partial charge in [0.15, 0.2) is 0 Å². The highest BCUT2D eigenvalue weighted by atomic mass is 16.4. The second-order valence-electron chi connectivity index (χ2n) is 3.54. The van der Waals surface area contributed by atoms with Gasteiger partial charge < -0.3 is 10.4 Å². The van der Waals surface area contributed by atoms with Crippen LogP contribution in [-0.4, -0.2) is 29.5 Å². The third kappa shape index (κ3) is 1.83. The highest BCUT2D eigenvalue weighted by molar-refractivity contribution is 6.03. The predicted molar refractivity (Wildman–Crippen MR) is 57.1 cm³/mol. The second-order valence-corrected chi connectivity index (χ2v) is 3.54. The Hall–Kier alpha value is -1.84. The molecule has 78 valence electrons. The number of hydrogen-bond donors (Lipinski definition) is 2. The van der Waals surface area contributed by atoms with Crippen LogP contribution in [0.5, 0.6) is 0 Å². The van der Waals surface area contributed by atoms with Crippen molar-refractivity contribution in [3.8, 4) is 0 Å². The number of aliphatic carboxylic acids is 1. The van der Waals surface area contributed by atoms with Gasteiger partial charge >= 0.3 is 5.97 Å². The first-order valence-corrected chi connectivity index (χ1v) is 4.78. The van der Waals surface area contributed by atoms with Gasteiger partial charge in [-0.3, -0.25) is 4.99 Å². The first-order valence-electron chi connectivity index (χ1n) is 4.78. The molecule has 0 radical (unpaired) electrons. The van der Waals surface area contributed by atoms with Crippen molar-refractivity contribution >= 4 is 11.8 Å². The summed E-state index contributed by atoms with van der Waals surface area (Å²) in [6.07, 6.45) is 0. The lowest BCUT2D eigenvalue weighted by Crippen LogP contribution is -2.37. The van der Waals surface area contributed by atoms with Crippen LogP contribution in [0.15, 0.2) is 29.3 Å². The fourth-order valence-electron chi connectivity index (χ4n) is 1.58. The van der Waals surface area contributed by atoms with E-state index in [1.165, 1.54) is 0 Å². The molecule has 15 heavy (non-hydrogen) atoms. The summed E-state index contributed by atoms with van der Waals surface area (Å²) in [7, 11) is 0. The zero-order valence-corrected chi connectivity index (χ0v) is 8.40. The van der Waals surface area contributed by atoms with E-state index in [2.05, 4.69) is 10.3 Å². The number of nitrogens with zero attached hydrogens (tertiary/aromatic N) is 1. The number of carboxylic acids is 1. The first kappa shape index (κ1) is 9.71. The molecule has 0 aliphatic carbocycles. The molecule has 0 saturated carbocycles. The summed E-state index contributed by atoms with van der Waals surface area (Å²) in [4.78, 5) is 14.9. The van der Waals surface area contributed by atoms with E-state index in [0.717, 1.165) is 11.1 Å². The number of nitrogens with one attached hydrogen (secondary N) is 1. The molecule has 2 N–H and O–H groups in total. The minimum absolute atomic E-state index is 0.305. The Balaban J connectivity index is 2.21. The van der Waals surface area contributed by atoms with Crippen molar-refractivity contribution in [3.05, 3.63) is 35.4 Å². The highest BCUT2D eigenvalue weighted by Gasteiger charge is 2.24. The van der Waals surface area contributed by atoms with E-state index in [4.69, 9.17) is 5.11 Å². The molecule has 1 aliphatic rings. The van der Waals surface area contributed by atoms with Crippen molar-refractivity contribution in [1.29, 1.82) is 0 Å². The maximum Gasteiger partial charge on any atom is 0.328 e. The number of amidine groups is 1. The normalized spacial score (nSPS) is 19.5. The third-order valence-corrected chi connectivity index (χ3v) is 2.44. The molecule has 0 saturated heterocycles. The topological polar surface area (TPSA) is 61.7 Å². The number of aryl methyl sites for hydroxylation is 1. The average Bonchev–Trinajstić information content (AvgIpc) is 2.67. The summed E-state index contributed by atoms with van der Waals surface area (Å²) in [5.74, 6) is -0.178. The van der Waals surface area contributed by atoms with E-state index in [1.54, 1.807) is 0 Å². The van der Waals surface area contributed by atoms with Gasteiger partial charge in [-0.25, -0.2) is 4.79 Å². The molecule has 1 unspecified atom stereocenters. The quantitative estimate of drug-likeness (QED) is 0.749. The van der Waals surface area contributed by atoms with E-state index < -0.39 is 12.0 Å². The fraction of sp³-hybridized carbons (Fsp3) is 0.273. The molecule has 4 nitrogen and oxygen atoms in total. The monoisotopic (exact) mass is 204 g/mol. The van der Waals surface area contributed by atoms with Crippen LogP contribution in [0.25, 0.3) is 0 Å². The van der Waals surface area contributed by atoms with Gasteiger partial charge in [-0.05, 0) is 12.5 Å². The van der Waals surface area contributed by atoms with Crippen LogP contribution in [0.3, 0.4) is 0 Å². The SMILES string of the molecule is Cc1ccccc1C1=NCC(C(=O)O)N1. The maximum absolute atomic E-state index is 10.7. The summed E-state index contributed by atoms with van der Waals surface area (Å²) in [5, 5.41) is 11.7. The average molecular weight is 204 g/mol. The molecule has 1 heterocycles. The molecule has 0 amide bonds. The summed E-state index contributed by atoms with van der Waals surface area (Å²) < 4.78 is 0. The van der Waals surface area contributed by atoms with E-state index in [-0.39, 0.29) is 0 Å². The molecule has 1 aromatic rings. The number of carbonyl (C=O) groups is 1. The van der Waals surface area contributed by atoms with Gasteiger partial charge in [0, 0.05) is 5.56 Å². The van der Waals surface area contributed by atoms with Crippen molar-refractivity contribution in [1.82, 2.24) is 5.32 Å². The van der Waals surface area contributed by atoms with Crippen molar-refractivity contribution < 1.29 is 9.90 Å². The maximum atomic E-state index is 10.7. The molecule has 2 rings (SSSR count). The minimum Gasteiger partial charge on any atom is -0.480 e. The van der Waals surface area contributed by atoms with Crippen LogP contribution in [-0.2, 0) is 4.79 Å². The Bertz CT molecular complexity index is 426. The Morgan fingerprint density at radius 2 is 2.27 bits per heavy atom. The third-order valence-electron chi connectivity index (χ3n) is 2.44. The van der Waals surface area contributed by atoms with Gasteiger partial charge in [0.25, 0.3) is 0 Å². The van der Waals surface area contributed by atoms with Crippen LogP contribution in [0, 0.1) is 6.92 Å². The van der Waals surface area contributed by atoms with Crippen molar-refractivity contribution in [2.45, 2.75) is 13.0 Å². The van der Waals surface area contributed by atoms with Crippen LogP contribution in [0.1, 0.15) is 11.1 Å². The fourth-order valence-corrected chi connectivity index (χ4v) is 1.58. The Labute approximate surface area is 87.7 Å². The lowest BCUT2D eigenvalue weighted by Gasteiger charge is -2.08. The molecule has 1 aromatic carbocycles. The lowest BCUT2D eigenvalue weighted by atomic mass is 10.1. The van der Waals surface area contributed by atoms with Gasteiger partial charge in [0.2, 0.25) is 0 Å². The standard InChI is InChI=1S/C11H12N2O2/c1-7-4-2-3-5-8(7)10-12-6-9(13-10)11(14)15/h2-5,9H,6H2,1H3,(H,12,13)(H,14,15). The molecule has 0 spiro atoms. The van der Waals surface area contributed by atoms with E-state index in [9.17, 15) is 4.79 Å². The first-order chi connectivity index (χ1) is 7.18. The van der Waals surface area contributed by atoms with E-state index in [0.29, 0.717) is 12.4 Å². The van der Waals surface area contributed by atoms with Gasteiger partial charge in [0.05, 0.1) is 6.54 Å². The van der Waals surface area contributed by atoms with Crippen LogP contribution < -0.4 is 5.32 Å². The molecular weight excluding hydrogens is 192 g/mol. The van der Waals surface area contributed by atoms with Gasteiger partial charge in [0.1, 0.15) is 11.9 Å². The smallest absolute Gasteiger partial charge is 0.328 e. The van der Waals surface area contributed by atoms with Crippen molar-refractivity contribution in [3.63, 3.8) is 0 Å². The van der Waals surface area contributed by atoms with Crippen LogP contribution >= 0.6 is 0 Å². The van der Waals surface area contributed by atoms with Gasteiger partial charge in [-0.1, -0.05) is 24.3 Å². The largest absolute Gasteiger partial charge is 0.480 e. The van der Waals surface area contributed by atoms with E-state index >= 15 is 0 Å². The highest BCUT2D eigenvalue weighted by Crippen LogP contribution is 2.11. The molecule has 1 aliphatic heterocycles. The zero-order chi connectivity index (χ0) is 10.8. The number of aliphatic imine (C=N–C) groups is 1. The Morgan fingerprint density at radius 3 is 2.87 bits per heavy atom. The van der Waals surface area contributed by atoms with Gasteiger partial charge in [-0.2, -0.15) is 0 Å². The number of hydrogen-bond acceptors (Lipinski definition) is 3. The number of benzene rings is 1. The Kier molecular flexibility index (Phi) is 2.41. The second kappa shape index (κ2) is 3.73. The molecule has 0 bridgehead atoms. The van der Waals surface area contributed by atoms with Crippen LogP contribution in [0.4, 0.5) is 0 Å². The van der Waals surface area contributed by atoms with Crippen molar-refractivity contribution in [2.75, 3.05) is 6.54 Å². The summed E-state index contributed by atoms with van der Waals surface area (Å²) in [6, 6.07) is 7.20. The van der Waals surface area contributed by atoms with Crippen molar-refractivity contribution in [2.24, 2.45) is 4.99 Å².